The number of hydrogen-bond donors (Lipinski definition) is 0. The molecule has 1 saturated carbocycles. The molecule has 0 amide bonds. The maximum Gasteiger partial charge on any atom is 0.0249 e. The summed E-state index contributed by atoms with van der Waals surface area (Å²) in [4.78, 5) is 2.57. The first-order valence-corrected chi connectivity index (χ1v) is 9.23. The predicted molar refractivity (Wildman–Crippen MR) is 79.3 cm³/mol. The minimum atomic E-state index is -0.518. The van der Waals surface area contributed by atoms with Gasteiger partial charge in [0.05, 0.1) is 0 Å². The van der Waals surface area contributed by atoms with E-state index in [1.165, 1.54) is 38.6 Å². The van der Waals surface area contributed by atoms with Gasteiger partial charge in [-0.05, 0) is 44.6 Å². The fourth-order valence-electron chi connectivity index (χ4n) is 3.72. The SMILES string of the molecule is CCC1CCCC(CN(C)C2CCS(=O)CC2)C1. The Hall–Kier alpha value is 0.110. The lowest BCUT2D eigenvalue weighted by Gasteiger charge is -2.36. The van der Waals surface area contributed by atoms with Crippen LogP contribution in [0.5, 0.6) is 0 Å². The lowest BCUT2D eigenvalue weighted by molar-refractivity contribution is 0.152. The van der Waals surface area contributed by atoms with Crippen LogP contribution in [0.25, 0.3) is 0 Å². The van der Waals surface area contributed by atoms with Crippen molar-refractivity contribution in [2.24, 2.45) is 11.8 Å². The summed E-state index contributed by atoms with van der Waals surface area (Å²) in [5.41, 5.74) is 0. The molecule has 0 aromatic heterocycles. The monoisotopic (exact) mass is 271 g/mol. The van der Waals surface area contributed by atoms with Crippen LogP contribution in [0.15, 0.2) is 0 Å². The molecule has 2 nitrogen and oxygen atoms in total. The van der Waals surface area contributed by atoms with Gasteiger partial charge in [0.2, 0.25) is 0 Å². The summed E-state index contributed by atoms with van der Waals surface area (Å²) in [6.07, 6.45) is 9.42. The lowest BCUT2D eigenvalue weighted by atomic mass is 9.80. The minimum absolute atomic E-state index is 0.518. The van der Waals surface area contributed by atoms with Crippen molar-refractivity contribution < 1.29 is 4.21 Å². The highest BCUT2D eigenvalue weighted by atomic mass is 32.2. The molecular formula is C15H29NOS. The van der Waals surface area contributed by atoms with Crippen LogP contribution in [0.3, 0.4) is 0 Å². The van der Waals surface area contributed by atoms with Crippen molar-refractivity contribution in [1.29, 1.82) is 0 Å². The number of hydrogen-bond acceptors (Lipinski definition) is 2. The first-order valence-electron chi connectivity index (χ1n) is 7.74. The minimum Gasteiger partial charge on any atom is -0.303 e. The van der Waals surface area contributed by atoms with Crippen LogP contribution >= 0.6 is 0 Å². The molecule has 0 bridgehead atoms. The van der Waals surface area contributed by atoms with E-state index in [1.54, 1.807) is 0 Å². The van der Waals surface area contributed by atoms with Crippen LogP contribution in [0.1, 0.15) is 51.9 Å². The second kappa shape index (κ2) is 7.04. The Morgan fingerprint density at radius 3 is 2.44 bits per heavy atom. The summed E-state index contributed by atoms with van der Waals surface area (Å²) < 4.78 is 11.4. The van der Waals surface area contributed by atoms with E-state index in [0.717, 1.165) is 36.2 Å². The molecule has 2 atom stereocenters. The van der Waals surface area contributed by atoms with Crippen molar-refractivity contribution in [1.82, 2.24) is 4.90 Å². The molecule has 1 aliphatic carbocycles. The normalized spacial score (nSPS) is 37.9. The number of rotatable bonds is 4. The van der Waals surface area contributed by atoms with Gasteiger partial charge >= 0.3 is 0 Å². The number of nitrogens with zero attached hydrogens (tertiary/aromatic N) is 1. The summed E-state index contributed by atoms with van der Waals surface area (Å²) in [6, 6.07) is 0.699. The highest BCUT2D eigenvalue weighted by Crippen LogP contribution is 2.32. The van der Waals surface area contributed by atoms with E-state index in [-0.39, 0.29) is 0 Å². The van der Waals surface area contributed by atoms with Crippen molar-refractivity contribution >= 4 is 10.8 Å². The van der Waals surface area contributed by atoms with Crippen molar-refractivity contribution in [3.8, 4) is 0 Å². The van der Waals surface area contributed by atoms with Gasteiger partial charge in [0.15, 0.2) is 0 Å². The van der Waals surface area contributed by atoms with Crippen molar-refractivity contribution in [3.05, 3.63) is 0 Å². The second-order valence-corrected chi connectivity index (χ2v) is 8.02. The molecular weight excluding hydrogens is 242 g/mol. The average molecular weight is 271 g/mol. The van der Waals surface area contributed by atoms with E-state index in [9.17, 15) is 4.21 Å². The zero-order valence-corrected chi connectivity index (χ0v) is 12.9. The van der Waals surface area contributed by atoms with Crippen molar-refractivity contribution in [3.63, 3.8) is 0 Å². The molecule has 0 radical (unpaired) electrons. The van der Waals surface area contributed by atoms with Gasteiger partial charge in [-0.15, -0.1) is 0 Å². The third kappa shape index (κ3) is 4.06. The van der Waals surface area contributed by atoms with E-state index in [1.807, 2.05) is 0 Å². The van der Waals surface area contributed by atoms with Gasteiger partial charge in [0.25, 0.3) is 0 Å². The fraction of sp³-hybridized carbons (Fsp3) is 1.00. The van der Waals surface area contributed by atoms with Crippen LogP contribution < -0.4 is 0 Å². The van der Waals surface area contributed by atoms with Crippen molar-refractivity contribution in [2.75, 3.05) is 25.1 Å². The molecule has 2 unspecified atom stereocenters. The van der Waals surface area contributed by atoms with Gasteiger partial charge in [-0.25, -0.2) is 0 Å². The van der Waals surface area contributed by atoms with E-state index < -0.39 is 10.8 Å². The van der Waals surface area contributed by atoms with Crippen LogP contribution in [0, 0.1) is 11.8 Å². The van der Waals surface area contributed by atoms with Gasteiger partial charge in [-0.3, -0.25) is 4.21 Å². The van der Waals surface area contributed by atoms with E-state index in [4.69, 9.17) is 0 Å². The first kappa shape index (κ1) is 14.5. The Morgan fingerprint density at radius 2 is 1.78 bits per heavy atom. The molecule has 1 saturated heterocycles. The largest absolute Gasteiger partial charge is 0.303 e. The molecule has 2 fully saturated rings. The Balaban J connectivity index is 1.76. The average Bonchev–Trinajstić information content (AvgIpc) is 2.39. The fourth-order valence-corrected chi connectivity index (χ4v) is 4.99. The Bertz CT molecular complexity index is 272. The lowest BCUT2D eigenvalue weighted by Crippen LogP contribution is -2.40. The quantitative estimate of drug-likeness (QED) is 0.783. The molecule has 2 aliphatic rings. The summed E-state index contributed by atoms with van der Waals surface area (Å²) in [5.74, 6) is 3.76. The second-order valence-electron chi connectivity index (χ2n) is 6.33. The van der Waals surface area contributed by atoms with Crippen LogP contribution in [-0.4, -0.2) is 40.2 Å². The van der Waals surface area contributed by atoms with Gasteiger partial charge in [0.1, 0.15) is 0 Å². The molecule has 0 N–H and O–H groups in total. The first-order chi connectivity index (χ1) is 8.69. The van der Waals surface area contributed by atoms with Gasteiger partial charge in [-0.1, -0.05) is 26.2 Å². The zero-order chi connectivity index (χ0) is 13.0. The zero-order valence-electron chi connectivity index (χ0n) is 12.1. The van der Waals surface area contributed by atoms with Gasteiger partial charge in [-0.2, -0.15) is 0 Å². The topological polar surface area (TPSA) is 20.3 Å². The molecule has 0 spiro atoms. The Labute approximate surface area is 115 Å². The molecule has 2 rings (SSSR count). The smallest absolute Gasteiger partial charge is 0.0249 e. The van der Waals surface area contributed by atoms with E-state index >= 15 is 0 Å². The maximum absolute atomic E-state index is 11.4. The van der Waals surface area contributed by atoms with Crippen LogP contribution in [-0.2, 0) is 10.8 Å². The third-order valence-corrected chi connectivity index (χ3v) is 6.38. The van der Waals surface area contributed by atoms with Gasteiger partial charge < -0.3 is 4.90 Å². The standard InChI is InChI=1S/C15H29NOS/c1-3-13-5-4-6-14(11-13)12-16(2)15-7-9-18(17)10-8-15/h13-15H,3-12H2,1-2H3. The maximum atomic E-state index is 11.4. The summed E-state index contributed by atoms with van der Waals surface area (Å²) in [7, 11) is 1.77. The molecule has 3 heteroatoms. The summed E-state index contributed by atoms with van der Waals surface area (Å²) >= 11 is 0. The van der Waals surface area contributed by atoms with Crippen LogP contribution in [0.4, 0.5) is 0 Å². The molecule has 18 heavy (non-hydrogen) atoms. The van der Waals surface area contributed by atoms with E-state index in [2.05, 4.69) is 18.9 Å². The molecule has 1 heterocycles. The Kier molecular flexibility index (Phi) is 5.68. The molecule has 0 aromatic rings. The molecule has 106 valence electrons. The third-order valence-electron chi connectivity index (χ3n) is 5.00. The molecule has 0 aromatic carbocycles. The van der Waals surface area contributed by atoms with Gasteiger partial charge in [0, 0.05) is 34.9 Å². The highest BCUT2D eigenvalue weighted by molar-refractivity contribution is 7.85. The summed E-state index contributed by atoms with van der Waals surface area (Å²) in [5, 5.41) is 0. The van der Waals surface area contributed by atoms with E-state index in [0.29, 0.717) is 6.04 Å². The predicted octanol–water partition coefficient (Wildman–Crippen LogP) is 3.05. The summed E-state index contributed by atoms with van der Waals surface area (Å²) in [6.45, 7) is 3.61. The molecule has 1 aliphatic heterocycles. The highest BCUT2D eigenvalue weighted by Gasteiger charge is 2.26. The van der Waals surface area contributed by atoms with Crippen molar-refractivity contribution in [2.45, 2.75) is 57.9 Å². The van der Waals surface area contributed by atoms with Crippen LogP contribution in [0.2, 0.25) is 0 Å². The Morgan fingerprint density at radius 1 is 1.11 bits per heavy atom.